The van der Waals surface area contributed by atoms with E-state index in [-0.39, 0.29) is 5.82 Å². The molecule has 3 heterocycles. The molecule has 1 aromatic rings. The molecule has 5 rings (SSSR count). The summed E-state index contributed by atoms with van der Waals surface area (Å²) >= 11 is 0. The highest BCUT2D eigenvalue weighted by atomic mass is 19.1. The summed E-state index contributed by atoms with van der Waals surface area (Å²) in [4.78, 5) is 2.49. The van der Waals surface area contributed by atoms with Crippen molar-refractivity contribution >= 4 is 0 Å². The smallest absolute Gasteiger partial charge is 0.126 e. The van der Waals surface area contributed by atoms with E-state index < -0.39 is 5.60 Å². The molecule has 3 heteroatoms. The molecule has 0 unspecified atom stereocenters. The Balaban J connectivity index is 1.65. The number of nitrogens with zero attached hydrogens (tertiary/aromatic N) is 1. The summed E-state index contributed by atoms with van der Waals surface area (Å²) in [5.74, 6) is 1.25. The fourth-order valence-corrected chi connectivity index (χ4v) is 4.70. The standard InChI is InChI=1S/C16H20FNO/c17-15-4-2-1-3-12(15)7-16(19)13-5-11-6-14(16)10-18(8-11)9-13/h1-4,11,13-14,19H,5-10H2/t11?,13-,14-,16?/m0/s1. The normalized spacial score (nSPS) is 43.7. The van der Waals surface area contributed by atoms with Crippen LogP contribution >= 0.6 is 0 Å². The van der Waals surface area contributed by atoms with Crippen LogP contribution in [0.5, 0.6) is 0 Å². The molecule has 2 nitrogen and oxygen atoms in total. The van der Waals surface area contributed by atoms with Crippen LogP contribution in [0.1, 0.15) is 18.4 Å². The van der Waals surface area contributed by atoms with E-state index >= 15 is 0 Å². The van der Waals surface area contributed by atoms with Crippen molar-refractivity contribution < 1.29 is 9.50 Å². The molecule has 4 fully saturated rings. The first kappa shape index (κ1) is 11.9. The maximum atomic E-state index is 13.9. The second kappa shape index (κ2) is 4.03. The van der Waals surface area contributed by atoms with Crippen LogP contribution in [0.25, 0.3) is 0 Å². The van der Waals surface area contributed by atoms with Crippen LogP contribution in [0.2, 0.25) is 0 Å². The predicted molar refractivity (Wildman–Crippen MR) is 71.2 cm³/mol. The van der Waals surface area contributed by atoms with E-state index in [9.17, 15) is 9.50 Å². The summed E-state index contributed by atoms with van der Waals surface area (Å²) < 4.78 is 13.9. The second-order valence-corrected chi connectivity index (χ2v) is 6.71. The van der Waals surface area contributed by atoms with Crippen LogP contribution in [0.3, 0.4) is 0 Å². The molecule has 0 spiro atoms. The zero-order valence-electron chi connectivity index (χ0n) is 11.1. The van der Waals surface area contributed by atoms with Crippen molar-refractivity contribution in [1.29, 1.82) is 0 Å². The summed E-state index contributed by atoms with van der Waals surface area (Å²) in [5.41, 5.74) is -0.0113. The Morgan fingerprint density at radius 1 is 1.16 bits per heavy atom. The van der Waals surface area contributed by atoms with Crippen LogP contribution in [-0.2, 0) is 6.42 Å². The topological polar surface area (TPSA) is 23.5 Å². The van der Waals surface area contributed by atoms with Crippen LogP contribution in [0.15, 0.2) is 24.3 Å². The fourth-order valence-electron chi connectivity index (χ4n) is 4.70. The monoisotopic (exact) mass is 261 g/mol. The Hall–Kier alpha value is -0.930. The summed E-state index contributed by atoms with van der Waals surface area (Å²) in [6.45, 7) is 3.21. The van der Waals surface area contributed by atoms with E-state index in [1.165, 1.54) is 12.6 Å². The highest BCUT2D eigenvalue weighted by molar-refractivity contribution is 5.22. The Morgan fingerprint density at radius 3 is 2.47 bits per heavy atom. The largest absolute Gasteiger partial charge is 0.389 e. The van der Waals surface area contributed by atoms with E-state index in [2.05, 4.69) is 4.90 Å². The molecule has 1 aliphatic carbocycles. The van der Waals surface area contributed by atoms with Gasteiger partial charge in [0.05, 0.1) is 5.60 Å². The van der Waals surface area contributed by atoms with Crippen molar-refractivity contribution in [2.45, 2.75) is 24.9 Å². The van der Waals surface area contributed by atoms with Gasteiger partial charge in [-0.05, 0) is 30.4 Å². The molecule has 1 aromatic carbocycles. The van der Waals surface area contributed by atoms with Gasteiger partial charge in [-0.25, -0.2) is 4.39 Å². The Bertz CT molecular complexity index is 473. The molecular weight excluding hydrogens is 241 g/mol. The first-order valence-corrected chi connectivity index (χ1v) is 7.33. The molecule has 1 N–H and O–H groups in total. The molecule has 3 saturated heterocycles. The zero-order chi connectivity index (χ0) is 13.0. The van der Waals surface area contributed by atoms with Gasteiger partial charge in [0.2, 0.25) is 0 Å². The van der Waals surface area contributed by atoms with Crippen LogP contribution in [-0.4, -0.2) is 35.2 Å². The van der Waals surface area contributed by atoms with Crippen LogP contribution in [0.4, 0.5) is 4.39 Å². The van der Waals surface area contributed by atoms with Gasteiger partial charge in [0.15, 0.2) is 0 Å². The minimum absolute atomic E-state index is 0.176. The molecule has 19 heavy (non-hydrogen) atoms. The van der Waals surface area contributed by atoms with E-state index in [4.69, 9.17) is 0 Å². The average Bonchev–Trinajstić information content (AvgIpc) is 2.38. The lowest BCUT2D eigenvalue weighted by atomic mass is 9.57. The lowest BCUT2D eigenvalue weighted by Crippen LogP contribution is -2.67. The fraction of sp³-hybridized carbons (Fsp3) is 0.625. The highest BCUT2D eigenvalue weighted by Crippen LogP contribution is 2.50. The van der Waals surface area contributed by atoms with E-state index in [0.29, 0.717) is 23.8 Å². The van der Waals surface area contributed by atoms with Crippen LogP contribution in [0, 0.1) is 23.6 Å². The summed E-state index contributed by atoms with van der Waals surface area (Å²) in [5, 5.41) is 11.2. The number of hydrogen-bond donors (Lipinski definition) is 1. The Kier molecular flexibility index (Phi) is 2.52. The first-order chi connectivity index (χ1) is 9.15. The quantitative estimate of drug-likeness (QED) is 0.881. The van der Waals surface area contributed by atoms with Crippen molar-refractivity contribution in [3.05, 3.63) is 35.6 Å². The van der Waals surface area contributed by atoms with Gasteiger partial charge in [-0.2, -0.15) is 0 Å². The summed E-state index contributed by atoms with van der Waals surface area (Å²) in [6, 6.07) is 6.89. The third kappa shape index (κ3) is 1.75. The molecule has 0 radical (unpaired) electrons. The number of aliphatic hydroxyl groups is 1. The minimum Gasteiger partial charge on any atom is -0.389 e. The molecule has 2 atom stereocenters. The predicted octanol–water partition coefficient (Wildman–Crippen LogP) is 2.07. The molecule has 4 bridgehead atoms. The van der Waals surface area contributed by atoms with E-state index in [1.54, 1.807) is 6.07 Å². The van der Waals surface area contributed by atoms with Crippen molar-refractivity contribution in [2.24, 2.45) is 17.8 Å². The minimum atomic E-state index is -0.685. The van der Waals surface area contributed by atoms with Gasteiger partial charge >= 0.3 is 0 Å². The van der Waals surface area contributed by atoms with Gasteiger partial charge in [0, 0.05) is 37.9 Å². The van der Waals surface area contributed by atoms with Crippen molar-refractivity contribution in [2.75, 3.05) is 19.6 Å². The third-order valence-electron chi connectivity index (χ3n) is 5.55. The SMILES string of the molecule is OC1(Cc2ccccc2F)[C@H]2CC3C[C@H]1CN(C3)C2. The molecule has 3 aliphatic heterocycles. The lowest BCUT2D eigenvalue weighted by molar-refractivity contribution is -0.182. The van der Waals surface area contributed by atoms with Gasteiger partial charge < -0.3 is 10.0 Å². The number of benzene rings is 1. The Morgan fingerprint density at radius 2 is 1.84 bits per heavy atom. The average molecular weight is 261 g/mol. The summed E-state index contributed by atoms with van der Waals surface area (Å²) in [7, 11) is 0. The van der Waals surface area contributed by atoms with Crippen molar-refractivity contribution in [3.8, 4) is 0 Å². The Labute approximate surface area is 113 Å². The van der Waals surface area contributed by atoms with Crippen molar-refractivity contribution in [1.82, 2.24) is 4.90 Å². The van der Waals surface area contributed by atoms with Gasteiger partial charge in [0.25, 0.3) is 0 Å². The van der Waals surface area contributed by atoms with Gasteiger partial charge in [-0.1, -0.05) is 18.2 Å². The highest BCUT2D eigenvalue weighted by Gasteiger charge is 2.55. The lowest BCUT2D eigenvalue weighted by Gasteiger charge is -2.60. The zero-order valence-corrected chi connectivity index (χ0v) is 11.1. The number of halogens is 1. The van der Waals surface area contributed by atoms with Gasteiger partial charge in [-0.15, -0.1) is 0 Å². The third-order valence-corrected chi connectivity index (χ3v) is 5.55. The molecular formula is C16H20FNO. The molecule has 0 amide bonds. The molecule has 102 valence electrons. The van der Waals surface area contributed by atoms with Crippen LogP contribution < -0.4 is 0 Å². The summed E-state index contributed by atoms with van der Waals surface area (Å²) in [6.07, 6.45) is 2.73. The number of piperidine rings is 3. The maximum Gasteiger partial charge on any atom is 0.126 e. The maximum absolute atomic E-state index is 13.9. The molecule has 1 saturated carbocycles. The first-order valence-electron chi connectivity index (χ1n) is 7.33. The van der Waals surface area contributed by atoms with Gasteiger partial charge in [-0.3, -0.25) is 0 Å². The van der Waals surface area contributed by atoms with Gasteiger partial charge in [0.1, 0.15) is 5.82 Å². The van der Waals surface area contributed by atoms with E-state index in [1.807, 2.05) is 12.1 Å². The molecule has 0 aromatic heterocycles. The van der Waals surface area contributed by atoms with Crippen molar-refractivity contribution in [3.63, 3.8) is 0 Å². The number of rotatable bonds is 2. The number of hydrogen-bond acceptors (Lipinski definition) is 2. The second-order valence-electron chi connectivity index (χ2n) is 6.71. The molecule has 4 aliphatic rings. The van der Waals surface area contributed by atoms with E-state index in [0.717, 1.165) is 31.8 Å².